The summed E-state index contributed by atoms with van der Waals surface area (Å²) in [6.07, 6.45) is 0. The number of piperazine rings is 1. The van der Waals surface area contributed by atoms with Crippen LogP contribution in [0, 0.1) is 0 Å². The van der Waals surface area contributed by atoms with Crippen LogP contribution < -0.4 is 9.47 Å². The molecule has 2 aromatic carbocycles. The lowest BCUT2D eigenvalue weighted by Crippen LogP contribution is -2.48. The van der Waals surface area contributed by atoms with Gasteiger partial charge in [-0.25, -0.2) is 4.98 Å². The van der Waals surface area contributed by atoms with Crippen LogP contribution >= 0.6 is 11.3 Å². The van der Waals surface area contributed by atoms with Crippen molar-refractivity contribution in [1.29, 1.82) is 0 Å². The fraction of sp³-hybridized carbons (Fsp3) is 0.273. The van der Waals surface area contributed by atoms with Crippen LogP contribution in [0.25, 0.3) is 10.6 Å². The normalized spacial score (nSPS) is 16.2. The van der Waals surface area contributed by atoms with E-state index in [-0.39, 0.29) is 12.7 Å². The van der Waals surface area contributed by atoms with Gasteiger partial charge in [0.25, 0.3) is 5.91 Å². The summed E-state index contributed by atoms with van der Waals surface area (Å²) in [7, 11) is 0. The van der Waals surface area contributed by atoms with Gasteiger partial charge < -0.3 is 14.4 Å². The van der Waals surface area contributed by atoms with E-state index in [2.05, 4.69) is 22.4 Å². The lowest BCUT2D eigenvalue weighted by Gasteiger charge is -2.34. The molecular weight excluding hydrogens is 386 g/mol. The quantitative estimate of drug-likeness (QED) is 0.663. The molecule has 0 radical (unpaired) electrons. The molecule has 6 nitrogen and oxygen atoms in total. The number of fused-ring (bicyclic) bond motifs is 1. The summed E-state index contributed by atoms with van der Waals surface area (Å²) in [4.78, 5) is 21.9. The fourth-order valence-electron chi connectivity index (χ4n) is 3.64. The minimum Gasteiger partial charge on any atom is -0.454 e. The number of carbonyl (C=O) groups excluding carboxylic acids is 1. The number of hydrogen-bond donors (Lipinski definition) is 0. The number of aromatic nitrogens is 1. The Kier molecular flexibility index (Phi) is 4.91. The maximum atomic E-state index is 12.8. The van der Waals surface area contributed by atoms with Gasteiger partial charge in [0, 0.05) is 49.2 Å². The third-order valence-corrected chi connectivity index (χ3v) is 6.18. The Balaban J connectivity index is 1.18. The Morgan fingerprint density at radius 1 is 1.00 bits per heavy atom. The fourth-order valence-corrected chi connectivity index (χ4v) is 4.46. The van der Waals surface area contributed by atoms with Crippen molar-refractivity contribution in [3.05, 3.63) is 65.2 Å². The van der Waals surface area contributed by atoms with Crippen molar-refractivity contribution in [3.8, 4) is 22.1 Å². The first-order valence-corrected chi connectivity index (χ1v) is 10.6. The second-order valence-corrected chi connectivity index (χ2v) is 8.00. The van der Waals surface area contributed by atoms with Crippen molar-refractivity contribution < 1.29 is 14.3 Å². The first kappa shape index (κ1) is 18.1. The van der Waals surface area contributed by atoms with Gasteiger partial charge in [-0.3, -0.25) is 9.69 Å². The Labute approximate surface area is 173 Å². The minimum absolute atomic E-state index is 0.0444. The molecule has 0 saturated carbocycles. The van der Waals surface area contributed by atoms with Crippen molar-refractivity contribution >= 4 is 17.2 Å². The molecule has 7 heteroatoms. The number of benzene rings is 2. The van der Waals surface area contributed by atoms with Gasteiger partial charge in [0.2, 0.25) is 6.79 Å². The molecule has 3 aromatic rings. The highest BCUT2D eigenvalue weighted by atomic mass is 32.1. The Morgan fingerprint density at radius 2 is 1.79 bits per heavy atom. The average Bonchev–Trinajstić information content (AvgIpc) is 3.43. The molecule has 2 aliphatic rings. The van der Waals surface area contributed by atoms with Gasteiger partial charge in [-0.05, 0) is 18.2 Å². The van der Waals surface area contributed by atoms with E-state index in [0.717, 1.165) is 35.9 Å². The van der Waals surface area contributed by atoms with Gasteiger partial charge in [-0.1, -0.05) is 30.3 Å². The highest BCUT2D eigenvalue weighted by molar-refractivity contribution is 7.13. The van der Waals surface area contributed by atoms with E-state index in [4.69, 9.17) is 14.5 Å². The molecule has 148 valence electrons. The van der Waals surface area contributed by atoms with Gasteiger partial charge in [0.05, 0.1) is 5.69 Å². The molecule has 1 fully saturated rings. The number of carbonyl (C=O) groups is 1. The smallest absolute Gasteiger partial charge is 0.254 e. The first-order valence-electron chi connectivity index (χ1n) is 9.67. The Bertz CT molecular complexity index is 1010. The van der Waals surface area contributed by atoms with Crippen molar-refractivity contribution in [2.75, 3.05) is 33.0 Å². The topological polar surface area (TPSA) is 54.9 Å². The van der Waals surface area contributed by atoms with Gasteiger partial charge in [-0.15, -0.1) is 11.3 Å². The van der Waals surface area contributed by atoms with Crippen molar-refractivity contribution in [2.24, 2.45) is 0 Å². The van der Waals surface area contributed by atoms with Crippen LogP contribution in [-0.2, 0) is 6.54 Å². The molecule has 1 aromatic heterocycles. The van der Waals surface area contributed by atoms with Crippen LogP contribution in [0.1, 0.15) is 16.1 Å². The molecule has 2 aliphatic heterocycles. The number of ether oxygens (including phenoxy) is 2. The number of amides is 1. The van der Waals surface area contributed by atoms with Gasteiger partial charge in [-0.2, -0.15) is 0 Å². The van der Waals surface area contributed by atoms with Gasteiger partial charge >= 0.3 is 0 Å². The number of thiazole rings is 1. The summed E-state index contributed by atoms with van der Waals surface area (Å²) in [5, 5.41) is 3.18. The molecule has 5 rings (SSSR count). The summed E-state index contributed by atoms with van der Waals surface area (Å²) in [5.74, 6) is 1.39. The standard InChI is InChI=1S/C22H21N3O3S/c26-22(17-6-7-19-20(12-17)28-15-27-19)25-10-8-24(9-11-25)13-18-14-29-21(23-18)16-4-2-1-3-5-16/h1-7,12,14H,8-11,13,15H2. The zero-order valence-corrected chi connectivity index (χ0v) is 16.7. The molecule has 0 spiro atoms. The monoisotopic (exact) mass is 407 g/mol. The molecule has 0 bridgehead atoms. The highest BCUT2D eigenvalue weighted by Gasteiger charge is 2.24. The Hall–Kier alpha value is -2.90. The van der Waals surface area contributed by atoms with E-state index in [1.54, 1.807) is 23.5 Å². The van der Waals surface area contributed by atoms with E-state index in [0.29, 0.717) is 30.2 Å². The predicted molar refractivity (Wildman–Crippen MR) is 111 cm³/mol. The van der Waals surface area contributed by atoms with E-state index in [9.17, 15) is 4.79 Å². The molecule has 0 N–H and O–H groups in total. The van der Waals surface area contributed by atoms with Crippen molar-refractivity contribution in [3.63, 3.8) is 0 Å². The van der Waals surface area contributed by atoms with Crippen LogP contribution in [0.5, 0.6) is 11.5 Å². The number of nitrogens with zero attached hydrogens (tertiary/aromatic N) is 3. The van der Waals surface area contributed by atoms with Crippen LogP contribution in [0.3, 0.4) is 0 Å². The van der Waals surface area contributed by atoms with E-state index in [1.165, 1.54) is 0 Å². The molecule has 3 heterocycles. The largest absolute Gasteiger partial charge is 0.454 e. The average molecular weight is 407 g/mol. The molecule has 0 unspecified atom stereocenters. The summed E-state index contributed by atoms with van der Waals surface area (Å²) < 4.78 is 10.7. The summed E-state index contributed by atoms with van der Waals surface area (Å²) in [6, 6.07) is 15.6. The van der Waals surface area contributed by atoms with E-state index >= 15 is 0 Å². The summed E-state index contributed by atoms with van der Waals surface area (Å²) in [5.41, 5.74) is 2.89. The molecule has 1 amide bonds. The van der Waals surface area contributed by atoms with Crippen LogP contribution in [-0.4, -0.2) is 53.7 Å². The van der Waals surface area contributed by atoms with E-state index in [1.807, 2.05) is 29.2 Å². The zero-order valence-electron chi connectivity index (χ0n) is 15.9. The minimum atomic E-state index is 0.0444. The maximum Gasteiger partial charge on any atom is 0.254 e. The number of hydrogen-bond acceptors (Lipinski definition) is 6. The summed E-state index contributed by atoms with van der Waals surface area (Å²) in [6.45, 7) is 4.14. The lowest BCUT2D eigenvalue weighted by molar-refractivity contribution is 0.0627. The van der Waals surface area contributed by atoms with Crippen molar-refractivity contribution in [1.82, 2.24) is 14.8 Å². The third kappa shape index (κ3) is 3.83. The first-order chi connectivity index (χ1) is 14.3. The predicted octanol–water partition coefficient (Wildman–Crippen LogP) is 3.50. The maximum absolute atomic E-state index is 12.8. The van der Waals surface area contributed by atoms with Crippen LogP contribution in [0.15, 0.2) is 53.9 Å². The van der Waals surface area contributed by atoms with E-state index < -0.39 is 0 Å². The van der Waals surface area contributed by atoms with Gasteiger partial charge in [0.15, 0.2) is 11.5 Å². The number of rotatable bonds is 4. The van der Waals surface area contributed by atoms with Gasteiger partial charge in [0.1, 0.15) is 5.01 Å². The molecular formula is C22H21N3O3S. The SMILES string of the molecule is O=C(c1ccc2c(c1)OCO2)N1CCN(Cc2csc(-c3ccccc3)n2)CC1. The van der Waals surface area contributed by atoms with Crippen LogP contribution in [0.2, 0.25) is 0 Å². The molecule has 0 aliphatic carbocycles. The molecule has 29 heavy (non-hydrogen) atoms. The molecule has 0 atom stereocenters. The molecule has 1 saturated heterocycles. The second-order valence-electron chi connectivity index (χ2n) is 7.15. The van der Waals surface area contributed by atoms with Crippen molar-refractivity contribution in [2.45, 2.75) is 6.54 Å². The lowest BCUT2D eigenvalue weighted by atomic mass is 10.1. The highest BCUT2D eigenvalue weighted by Crippen LogP contribution is 2.33. The van der Waals surface area contributed by atoms with Crippen LogP contribution in [0.4, 0.5) is 0 Å². The third-order valence-electron chi connectivity index (χ3n) is 5.24. The second kappa shape index (κ2) is 7.85. The summed E-state index contributed by atoms with van der Waals surface area (Å²) >= 11 is 1.68. The Morgan fingerprint density at radius 3 is 2.62 bits per heavy atom. The zero-order chi connectivity index (χ0) is 19.6.